The van der Waals surface area contributed by atoms with Gasteiger partial charge in [-0.05, 0) is 81.3 Å². The Hall–Kier alpha value is -3.67. The van der Waals surface area contributed by atoms with Crippen molar-refractivity contribution in [2.24, 2.45) is 0 Å². The lowest BCUT2D eigenvalue weighted by atomic mass is 9.95. The number of aromatic nitrogens is 2. The number of benzene rings is 2. The first kappa shape index (κ1) is 32.3. The zero-order valence-corrected chi connectivity index (χ0v) is 29.4. The van der Waals surface area contributed by atoms with Crippen molar-refractivity contribution in [1.82, 2.24) is 25.1 Å². The number of hydrogen-bond donors (Lipinski definition) is 2. The average Bonchev–Trinajstić information content (AvgIpc) is 3.93. The molecule has 2 N–H and O–H groups in total. The summed E-state index contributed by atoms with van der Waals surface area (Å²) in [4.78, 5) is 32.3. The molecule has 6 aliphatic heterocycles. The molecule has 5 saturated heterocycles. The highest BCUT2D eigenvalue weighted by Crippen LogP contribution is 2.43. The van der Waals surface area contributed by atoms with Crippen molar-refractivity contribution in [1.29, 1.82) is 0 Å². The summed E-state index contributed by atoms with van der Waals surface area (Å²) in [7, 11) is 0. The van der Waals surface area contributed by atoms with Crippen LogP contribution in [0.4, 0.5) is 16.3 Å². The fourth-order valence-corrected chi connectivity index (χ4v) is 10.0. The Kier molecular flexibility index (Phi) is 8.48. The van der Waals surface area contributed by atoms with Crippen LogP contribution in [-0.2, 0) is 24.1 Å². The Morgan fingerprint density at radius 2 is 1.82 bits per heavy atom. The zero-order valence-electron chi connectivity index (χ0n) is 29.4. The monoisotopic (exact) mass is 681 g/mol. The number of carbonyl (C=O) groups is 1. The van der Waals surface area contributed by atoms with E-state index in [-0.39, 0.29) is 17.7 Å². The summed E-state index contributed by atoms with van der Waals surface area (Å²) in [6.07, 6.45) is 8.35. The van der Waals surface area contributed by atoms with Crippen LogP contribution in [0.5, 0.6) is 6.01 Å². The Labute approximate surface area is 294 Å². The summed E-state index contributed by atoms with van der Waals surface area (Å²) in [5.41, 5.74) is 4.93. The number of ether oxygens (including phenoxy) is 2. The molecule has 0 spiro atoms. The number of anilines is 2. The highest BCUT2D eigenvalue weighted by molar-refractivity contribution is 5.97. The summed E-state index contributed by atoms with van der Waals surface area (Å²) in [6.45, 7) is 8.67. The number of aliphatic hydroxyl groups excluding tert-OH is 1. The largest absolute Gasteiger partial charge is 0.461 e. The highest BCUT2D eigenvalue weighted by Gasteiger charge is 2.50. The molecule has 2 aromatic carbocycles. The van der Waals surface area contributed by atoms with Crippen LogP contribution in [0.25, 0.3) is 10.8 Å². The third-order valence-electron chi connectivity index (χ3n) is 12.6. The van der Waals surface area contributed by atoms with Gasteiger partial charge in [-0.2, -0.15) is 9.97 Å². The van der Waals surface area contributed by atoms with E-state index in [1.165, 1.54) is 40.4 Å². The SMILES string of the molecule is CCc1cccc2cccc(N3CCc4c(nc(OCC56CCCN5C(COC(=O)N5CC[C@H](O)C5)CC6)nc4N4CC5CCC(C4)N5)C3)c12. The molecule has 3 aromatic rings. The number of fused-ring (bicyclic) bond motifs is 5. The number of β-amino-alcohol motifs (C(OH)–C–C–N with tert-alkyl or cyclic N) is 1. The van der Waals surface area contributed by atoms with E-state index < -0.39 is 6.10 Å². The molecule has 266 valence electrons. The van der Waals surface area contributed by atoms with Gasteiger partial charge in [-0.15, -0.1) is 0 Å². The number of nitrogens with zero attached hydrogens (tertiary/aromatic N) is 6. The van der Waals surface area contributed by atoms with E-state index in [9.17, 15) is 9.90 Å². The van der Waals surface area contributed by atoms with Crippen LogP contribution in [0, 0.1) is 0 Å². The fourth-order valence-electron chi connectivity index (χ4n) is 10.0. The summed E-state index contributed by atoms with van der Waals surface area (Å²) in [5, 5.41) is 16.3. The van der Waals surface area contributed by atoms with E-state index in [1.54, 1.807) is 4.90 Å². The molecule has 11 heteroatoms. The number of aryl methyl sites for hydroxylation is 1. The van der Waals surface area contributed by atoms with Gasteiger partial charge >= 0.3 is 12.1 Å². The molecule has 9 rings (SSSR count). The van der Waals surface area contributed by atoms with Crippen molar-refractivity contribution >= 4 is 28.4 Å². The molecule has 6 aliphatic rings. The van der Waals surface area contributed by atoms with Crippen LogP contribution in [0.2, 0.25) is 0 Å². The molecule has 50 heavy (non-hydrogen) atoms. The molecule has 2 bridgehead atoms. The smallest absolute Gasteiger partial charge is 0.409 e. The first-order chi connectivity index (χ1) is 24.5. The lowest BCUT2D eigenvalue weighted by Crippen LogP contribution is -2.52. The fraction of sp³-hybridized carbons (Fsp3) is 0.615. The number of hydrogen-bond acceptors (Lipinski definition) is 10. The second-order valence-corrected chi connectivity index (χ2v) is 15.6. The van der Waals surface area contributed by atoms with Crippen molar-refractivity contribution in [3.8, 4) is 6.01 Å². The Bertz CT molecular complexity index is 1740. The Morgan fingerprint density at radius 1 is 0.980 bits per heavy atom. The minimum absolute atomic E-state index is 0.0972. The van der Waals surface area contributed by atoms with E-state index >= 15 is 0 Å². The molecule has 11 nitrogen and oxygen atoms in total. The third kappa shape index (κ3) is 5.84. The number of rotatable bonds is 8. The van der Waals surface area contributed by atoms with Crippen LogP contribution < -0.4 is 19.9 Å². The van der Waals surface area contributed by atoms with Gasteiger partial charge in [-0.3, -0.25) is 4.90 Å². The Balaban J connectivity index is 0.965. The second kappa shape index (κ2) is 13.1. The average molecular weight is 682 g/mol. The van der Waals surface area contributed by atoms with Gasteiger partial charge in [0.15, 0.2) is 0 Å². The maximum Gasteiger partial charge on any atom is 0.409 e. The molecule has 7 heterocycles. The van der Waals surface area contributed by atoms with Crippen LogP contribution in [0.3, 0.4) is 0 Å². The Morgan fingerprint density at radius 3 is 2.62 bits per heavy atom. The van der Waals surface area contributed by atoms with Gasteiger partial charge in [0.25, 0.3) is 0 Å². The van der Waals surface area contributed by atoms with Crippen LogP contribution in [-0.4, -0.2) is 113 Å². The van der Waals surface area contributed by atoms with Crippen LogP contribution in [0.15, 0.2) is 36.4 Å². The van der Waals surface area contributed by atoms with Crippen molar-refractivity contribution in [2.75, 3.05) is 62.3 Å². The predicted molar refractivity (Wildman–Crippen MR) is 193 cm³/mol. The topological polar surface area (TPSA) is 107 Å². The van der Waals surface area contributed by atoms with Crippen molar-refractivity contribution in [3.63, 3.8) is 0 Å². The number of amides is 1. The third-order valence-corrected chi connectivity index (χ3v) is 12.6. The molecule has 0 radical (unpaired) electrons. The molecule has 1 amide bonds. The van der Waals surface area contributed by atoms with Gasteiger partial charge in [0, 0.05) is 67.5 Å². The van der Waals surface area contributed by atoms with Crippen molar-refractivity contribution < 1.29 is 19.4 Å². The summed E-state index contributed by atoms with van der Waals surface area (Å²) >= 11 is 0. The van der Waals surface area contributed by atoms with Gasteiger partial charge in [0.2, 0.25) is 0 Å². The van der Waals surface area contributed by atoms with Crippen molar-refractivity contribution in [2.45, 2.75) is 101 Å². The van der Waals surface area contributed by atoms with Gasteiger partial charge in [-0.25, -0.2) is 4.79 Å². The molecule has 5 fully saturated rings. The number of piperazine rings is 1. The molecule has 4 unspecified atom stereocenters. The highest BCUT2D eigenvalue weighted by atomic mass is 16.6. The summed E-state index contributed by atoms with van der Waals surface area (Å²) < 4.78 is 12.5. The summed E-state index contributed by atoms with van der Waals surface area (Å²) in [5.74, 6) is 1.07. The van der Waals surface area contributed by atoms with E-state index in [4.69, 9.17) is 19.4 Å². The lowest BCUT2D eigenvalue weighted by molar-refractivity contribution is 0.0448. The quantitative estimate of drug-likeness (QED) is 0.358. The molecule has 0 aliphatic carbocycles. The van der Waals surface area contributed by atoms with Crippen LogP contribution >= 0.6 is 0 Å². The first-order valence-corrected chi connectivity index (χ1v) is 19.1. The molecular weight excluding hydrogens is 630 g/mol. The van der Waals surface area contributed by atoms with E-state index in [1.807, 2.05) is 0 Å². The molecule has 1 aromatic heterocycles. The number of carbonyl (C=O) groups excluding carboxylic acids is 1. The van der Waals surface area contributed by atoms with Gasteiger partial charge < -0.3 is 34.6 Å². The number of aliphatic hydroxyl groups is 1. The van der Waals surface area contributed by atoms with E-state index in [0.717, 1.165) is 82.8 Å². The first-order valence-electron chi connectivity index (χ1n) is 19.1. The second-order valence-electron chi connectivity index (χ2n) is 15.6. The molecule has 5 atom stereocenters. The van der Waals surface area contributed by atoms with Gasteiger partial charge in [0.05, 0.1) is 23.9 Å². The summed E-state index contributed by atoms with van der Waals surface area (Å²) in [6, 6.07) is 15.0. The minimum atomic E-state index is -0.444. The van der Waals surface area contributed by atoms with Crippen molar-refractivity contribution in [3.05, 3.63) is 53.2 Å². The van der Waals surface area contributed by atoms with E-state index in [2.05, 4.69) is 63.3 Å². The predicted octanol–water partition coefficient (Wildman–Crippen LogP) is 4.27. The minimum Gasteiger partial charge on any atom is -0.461 e. The van der Waals surface area contributed by atoms with Gasteiger partial charge in [0.1, 0.15) is 19.0 Å². The number of likely N-dealkylation sites (tertiary alicyclic amines) is 1. The maximum atomic E-state index is 12.7. The lowest BCUT2D eigenvalue weighted by Gasteiger charge is -2.38. The van der Waals surface area contributed by atoms with Gasteiger partial charge in [-0.1, -0.05) is 37.3 Å². The van der Waals surface area contributed by atoms with Crippen LogP contribution in [0.1, 0.15) is 68.7 Å². The number of nitrogens with one attached hydrogen (secondary N) is 1. The molecular formula is C39H51N7O4. The standard InChI is InChI=1S/C39H51N7O4/c1-2-26-6-3-7-27-8-4-9-34(35(26)27)43-19-14-32-33(23-43)41-37(42-36(32)45-20-28-10-11-29(21-45)40-28)50-25-39-15-5-17-46(39)30(12-16-39)24-49-38(48)44-18-13-31(47)22-44/h3-4,6-9,28-31,40,47H,2,5,10-25H2,1H3/t28?,29?,30?,31-,39?/m0/s1. The zero-order chi connectivity index (χ0) is 33.8. The molecule has 0 saturated carbocycles. The maximum absolute atomic E-state index is 12.7. The normalized spacial score (nSPS) is 29.1. The van der Waals surface area contributed by atoms with E-state index in [0.29, 0.717) is 50.8 Å².